The number of hydrogen-bond donors (Lipinski definition) is 1. The van der Waals surface area contributed by atoms with Crippen molar-refractivity contribution in [2.24, 2.45) is 5.41 Å². The second-order valence-electron chi connectivity index (χ2n) is 6.63. The predicted octanol–water partition coefficient (Wildman–Crippen LogP) is 3.04. The standard InChI is InChI=1S/C18H24ClNO3/c1-3-23-16-11-15(21)18(16)7-9-20(10-8-18)17(22)13-5-4-6-14(19)12(13)2/h4-6,15-16,21H,3,7-11H2,1-2H3/t15-,16+/m1/s1. The topological polar surface area (TPSA) is 49.8 Å². The molecule has 0 unspecified atom stereocenters. The van der Waals surface area contributed by atoms with Gasteiger partial charge in [-0.1, -0.05) is 17.7 Å². The number of benzene rings is 1. The van der Waals surface area contributed by atoms with Crippen LogP contribution in [-0.2, 0) is 4.74 Å². The first-order valence-electron chi connectivity index (χ1n) is 8.33. The van der Waals surface area contributed by atoms with Gasteiger partial charge in [0.2, 0.25) is 0 Å². The maximum atomic E-state index is 12.8. The van der Waals surface area contributed by atoms with Crippen LogP contribution in [0.2, 0.25) is 5.02 Å². The van der Waals surface area contributed by atoms with E-state index in [1.807, 2.05) is 30.9 Å². The van der Waals surface area contributed by atoms with Crippen LogP contribution in [0.25, 0.3) is 0 Å². The molecule has 1 heterocycles. The van der Waals surface area contributed by atoms with Gasteiger partial charge in [-0.05, 0) is 44.4 Å². The van der Waals surface area contributed by atoms with Gasteiger partial charge in [0.05, 0.1) is 12.2 Å². The molecule has 126 valence electrons. The highest BCUT2D eigenvalue weighted by molar-refractivity contribution is 6.31. The van der Waals surface area contributed by atoms with Crippen LogP contribution < -0.4 is 0 Å². The van der Waals surface area contributed by atoms with Crippen molar-refractivity contribution in [2.75, 3.05) is 19.7 Å². The Morgan fingerprint density at radius 2 is 2.13 bits per heavy atom. The Bertz CT molecular complexity index is 594. The minimum atomic E-state index is -0.302. The number of amides is 1. The third-order valence-electron chi connectivity index (χ3n) is 5.59. The van der Waals surface area contributed by atoms with Gasteiger partial charge < -0.3 is 14.7 Å². The van der Waals surface area contributed by atoms with Crippen LogP contribution in [0.15, 0.2) is 18.2 Å². The molecule has 1 spiro atoms. The summed E-state index contributed by atoms with van der Waals surface area (Å²) in [5.41, 5.74) is 1.34. The van der Waals surface area contributed by atoms with Crippen molar-refractivity contribution in [1.29, 1.82) is 0 Å². The molecule has 3 rings (SSSR count). The van der Waals surface area contributed by atoms with Gasteiger partial charge in [-0.3, -0.25) is 4.79 Å². The largest absolute Gasteiger partial charge is 0.392 e. The Morgan fingerprint density at radius 3 is 2.74 bits per heavy atom. The lowest BCUT2D eigenvalue weighted by Gasteiger charge is -2.56. The first-order chi connectivity index (χ1) is 11.0. The summed E-state index contributed by atoms with van der Waals surface area (Å²) >= 11 is 6.13. The lowest BCUT2D eigenvalue weighted by atomic mass is 9.58. The summed E-state index contributed by atoms with van der Waals surface area (Å²) < 4.78 is 5.78. The SMILES string of the molecule is CCO[C@H]1C[C@@H](O)C12CCN(C(=O)c1cccc(Cl)c1C)CC2. The number of carbonyl (C=O) groups is 1. The van der Waals surface area contributed by atoms with Crippen molar-refractivity contribution in [2.45, 2.75) is 45.3 Å². The van der Waals surface area contributed by atoms with E-state index in [9.17, 15) is 9.90 Å². The molecule has 23 heavy (non-hydrogen) atoms. The number of aliphatic hydroxyl groups is 1. The van der Waals surface area contributed by atoms with Gasteiger partial charge in [-0.15, -0.1) is 0 Å². The normalized spacial score (nSPS) is 26.2. The number of carbonyl (C=O) groups excluding carboxylic acids is 1. The molecular formula is C18H24ClNO3. The lowest BCUT2D eigenvalue weighted by molar-refractivity contribution is -0.207. The third kappa shape index (κ3) is 2.77. The minimum absolute atomic E-state index is 0.0293. The van der Waals surface area contributed by atoms with Crippen LogP contribution in [-0.4, -0.2) is 47.8 Å². The molecule has 1 aromatic rings. The third-order valence-corrected chi connectivity index (χ3v) is 6.00. The van der Waals surface area contributed by atoms with E-state index in [0.29, 0.717) is 30.3 Å². The Kier molecular flexibility index (Phi) is 4.68. The molecule has 1 aliphatic heterocycles. The summed E-state index contributed by atoms with van der Waals surface area (Å²) in [6.45, 7) is 5.85. The van der Waals surface area contributed by atoms with Gasteiger partial charge in [-0.2, -0.15) is 0 Å². The number of ether oxygens (including phenoxy) is 1. The van der Waals surface area contributed by atoms with Gasteiger partial charge >= 0.3 is 0 Å². The van der Waals surface area contributed by atoms with E-state index in [0.717, 1.165) is 24.8 Å². The van der Waals surface area contributed by atoms with Crippen molar-refractivity contribution in [3.63, 3.8) is 0 Å². The number of likely N-dealkylation sites (tertiary alicyclic amines) is 1. The van der Waals surface area contributed by atoms with Crippen LogP contribution in [0.3, 0.4) is 0 Å². The molecule has 0 bridgehead atoms. The molecule has 2 atom stereocenters. The Hall–Kier alpha value is -1.10. The van der Waals surface area contributed by atoms with Crippen molar-refractivity contribution in [1.82, 2.24) is 4.90 Å². The van der Waals surface area contributed by atoms with Crippen LogP contribution in [0.1, 0.15) is 42.1 Å². The second-order valence-corrected chi connectivity index (χ2v) is 7.04. The molecule has 1 N–H and O–H groups in total. The first kappa shape index (κ1) is 16.7. The van der Waals surface area contributed by atoms with E-state index >= 15 is 0 Å². The average Bonchev–Trinajstić information content (AvgIpc) is 2.57. The fraction of sp³-hybridized carbons (Fsp3) is 0.611. The molecule has 1 amide bonds. The molecular weight excluding hydrogens is 314 g/mol. The second kappa shape index (κ2) is 6.42. The van der Waals surface area contributed by atoms with Gasteiger partial charge in [-0.25, -0.2) is 0 Å². The van der Waals surface area contributed by atoms with Crippen LogP contribution in [0.5, 0.6) is 0 Å². The molecule has 0 aromatic heterocycles. The van der Waals surface area contributed by atoms with Crippen LogP contribution in [0, 0.1) is 12.3 Å². The summed E-state index contributed by atoms with van der Waals surface area (Å²) in [7, 11) is 0. The van der Waals surface area contributed by atoms with Crippen LogP contribution >= 0.6 is 11.6 Å². The molecule has 1 aromatic carbocycles. The van der Waals surface area contributed by atoms with E-state index in [4.69, 9.17) is 16.3 Å². The predicted molar refractivity (Wildman–Crippen MR) is 89.8 cm³/mol. The molecule has 1 saturated heterocycles. The van der Waals surface area contributed by atoms with Crippen molar-refractivity contribution in [3.05, 3.63) is 34.3 Å². The Labute approximate surface area is 142 Å². The molecule has 2 fully saturated rings. The molecule has 4 nitrogen and oxygen atoms in total. The van der Waals surface area contributed by atoms with Gasteiger partial charge in [0.1, 0.15) is 0 Å². The average molecular weight is 338 g/mol. The summed E-state index contributed by atoms with van der Waals surface area (Å²) in [4.78, 5) is 14.6. The van der Waals surface area contributed by atoms with Crippen molar-refractivity contribution in [3.8, 4) is 0 Å². The van der Waals surface area contributed by atoms with E-state index in [1.165, 1.54) is 0 Å². The zero-order valence-electron chi connectivity index (χ0n) is 13.7. The molecule has 0 radical (unpaired) electrons. The summed E-state index contributed by atoms with van der Waals surface area (Å²) in [6, 6.07) is 5.44. The number of rotatable bonds is 3. The summed E-state index contributed by atoms with van der Waals surface area (Å²) in [5.74, 6) is 0.0293. The molecule has 1 saturated carbocycles. The fourth-order valence-electron chi connectivity index (χ4n) is 3.95. The highest BCUT2D eigenvalue weighted by Gasteiger charge is 2.56. The van der Waals surface area contributed by atoms with E-state index < -0.39 is 0 Å². The smallest absolute Gasteiger partial charge is 0.254 e. The first-order valence-corrected chi connectivity index (χ1v) is 8.71. The quantitative estimate of drug-likeness (QED) is 0.922. The minimum Gasteiger partial charge on any atom is -0.392 e. The molecule has 5 heteroatoms. The number of aliphatic hydroxyl groups excluding tert-OH is 1. The van der Waals surface area contributed by atoms with Crippen molar-refractivity contribution >= 4 is 17.5 Å². The number of hydrogen-bond acceptors (Lipinski definition) is 3. The lowest BCUT2D eigenvalue weighted by Crippen LogP contribution is -2.62. The van der Waals surface area contributed by atoms with Gasteiger partial charge in [0.25, 0.3) is 5.91 Å². The van der Waals surface area contributed by atoms with E-state index in [-0.39, 0.29) is 23.5 Å². The summed E-state index contributed by atoms with van der Waals surface area (Å²) in [6.07, 6.45) is 2.14. The highest BCUT2D eigenvalue weighted by atomic mass is 35.5. The van der Waals surface area contributed by atoms with Crippen LogP contribution in [0.4, 0.5) is 0 Å². The fourth-order valence-corrected chi connectivity index (χ4v) is 4.13. The highest BCUT2D eigenvalue weighted by Crippen LogP contribution is 2.51. The van der Waals surface area contributed by atoms with Gasteiger partial charge in [0.15, 0.2) is 0 Å². The Balaban J connectivity index is 1.69. The van der Waals surface area contributed by atoms with E-state index in [2.05, 4.69) is 0 Å². The maximum absolute atomic E-state index is 12.8. The zero-order valence-corrected chi connectivity index (χ0v) is 14.5. The Morgan fingerprint density at radius 1 is 1.43 bits per heavy atom. The monoisotopic (exact) mass is 337 g/mol. The summed E-state index contributed by atoms with van der Waals surface area (Å²) in [5, 5.41) is 10.9. The molecule has 1 aliphatic carbocycles. The number of halogens is 1. The van der Waals surface area contributed by atoms with Crippen molar-refractivity contribution < 1.29 is 14.6 Å². The van der Waals surface area contributed by atoms with Gasteiger partial charge in [0, 0.05) is 42.1 Å². The number of nitrogens with zero attached hydrogens (tertiary/aromatic N) is 1. The number of piperidine rings is 1. The maximum Gasteiger partial charge on any atom is 0.254 e. The zero-order chi connectivity index (χ0) is 16.6. The molecule has 2 aliphatic rings. The van der Waals surface area contributed by atoms with E-state index in [1.54, 1.807) is 6.07 Å².